The SMILES string of the molecule is CCCCC/C=C/C/C=C\CCC/C=C/CCC(=O)O. The van der Waals surface area contributed by atoms with Crippen molar-refractivity contribution in [1.29, 1.82) is 0 Å². The summed E-state index contributed by atoms with van der Waals surface area (Å²) < 4.78 is 0. The zero-order valence-corrected chi connectivity index (χ0v) is 12.9. The van der Waals surface area contributed by atoms with Crippen molar-refractivity contribution in [3.05, 3.63) is 36.5 Å². The van der Waals surface area contributed by atoms with E-state index in [-0.39, 0.29) is 6.42 Å². The highest BCUT2D eigenvalue weighted by atomic mass is 16.4. The molecule has 2 nitrogen and oxygen atoms in total. The fourth-order valence-electron chi connectivity index (χ4n) is 1.81. The number of allylic oxidation sites excluding steroid dienone is 6. The molecule has 0 radical (unpaired) electrons. The van der Waals surface area contributed by atoms with Crippen molar-refractivity contribution in [2.75, 3.05) is 0 Å². The molecule has 0 aliphatic rings. The van der Waals surface area contributed by atoms with Crippen LogP contribution in [0.1, 0.15) is 71.1 Å². The van der Waals surface area contributed by atoms with E-state index in [1.807, 2.05) is 6.08 Å². The van der Waals surface area contributed by atoms with E-state index in [0.29, 0.717) is 6.42 Å². The van der Waals surface area contributed by atoms with E-state index in [2.05, 4.69) is 37.3 Å². The number of carbonyl (C=O) groups is 1. The van der Waals surface area contributed by atoms with Crippen LogP contribution in [0.2, 0.25) is 0 Å². The van der Waals surface area contributed by atoms with E-state index < -0.39 is 5.97 Å². The van der Waals surface area contributed by atoms with Gasteiger partial charge in [-0.15, -0.1) is 0 Å². The van der Waals surface area contributed by atoms with Crippen LogP contribution in [0.3, 0.4) is 0 Å². The highest BCUT2D eigenvalue weighted by molar-refractivity contribution is 5.66. The average molecular weight is 278 g/mol. The van der Waals surface area contributed by atoms with Gasteiger partial charge in [0.1, 0.15) is 0 Å². The molecule has 0 saturated heterocycles. The number of carboxylic acids is 1. The molecule has 0 aromatic rings. The lowest BCUT2D eigenvalue weighted by molar-refractivity contribution is -0.136. The number of hydrogen-bond acceptors (Lipinski definition) is 1. The van der Waals surface area contributed by atoms with Gasteiger partial charge < -0.3 is 5.11 Å². The van der Waals surface area contributed by atoms with Gasteiger partial charge >= 0.3 is 5.97 Å². The predicted octanol–water partition coefficient (Wildman–Crippen LogP) is 5.66. The van der Waals surface area contributed by atoms with Crippen LogP contribution in [0, 0.1) is 0 Å². The van der Waals surface area contributed by atoms with E-state index in [0.717, 1.165) is 25.7 Å². The molecule has 0 heterocycles. The van der Waals surface area contributed by atoms with Gasteiger partial charge in [-0.05, 0) is 44.9 Å². The third-order valence-corrected chi connectivity index (χ3v) is 3.01. The topological polar surface area (TPSA) is 37.3 Å². The molecule has 0 saturated carbocycles. The standard InChI is InChI=1S/C18H30O2/c1-2-3-4-5-6-7-8-9-10-11-12-13-14-15-16-17-18(19)20/h6-7,9-10,14-15H,2-5,8,11-13,16-17H2,1H3,(H,19,20)/b7-6+,10-9-,15-14+. The number of hydrogen-bond donors (Lipinski definition) is 1. The van der Waals surface area contributed by atoms with Gasteiger partial charge in [-0.2, -0.15) is 0 Å². The Labute approximate surface area is 124 Å². The summed E-state index contributed by atoms with van der Waals surface area (Å²) in [5.41, 5.74) is 0. The Hall–Kier alpha value is -1.31. The molecule has 0 unspecified atom stereocenters. The van der Waals surface area contributed by atoms with Crippen LogP contribution >= 0.6 is 0 Å². The van der Waals surface area contributed by atoms with E-state index in [1.54, 1.807) is 0 Å². The summed E-state index contributed by atoms with van der Waals surface area (Å²) in [6, 6.07) is 0. The zero-order chi connectivity index (χ0) is 14.9. The Balaban J connectivity index is 3.29. The highest BCUT2D eigenvalue weighted by Gasteiger charge is 1.91. The van der Waals surface area contributed by atoms with Crippen molar-refractivity contribution in [2.45, 2.75) is 71.1 Å². The van der Waals surface area contributed by atoms with Crippen molar-refractivity contribution in [3.63, 3.8) is 0 Å². The van der Waals surface area contributed by atoms with E-state index >= 15 is 0 Å². The van der Waals surface area contributed by atoms with Crippen molar-refractivity contribution in [3.8, 4) is 0 Å². The Morgan fingerprint density at radius 1 is 0.800 bits per heavy atom. The van der Waals surface area contributed by atoms with Gasteiger partial charge in [0.15, 0.2) is 0 Å². The van der Waals surface area contributed by atoms with Crippen LogP contribution < -0.4 is 0 Å². The van der Waals surface area contributed by atoms with Crippen molar-refractivity contribution >= 4 is 5.97 Å². The second-order valence-corrected chi connectivity index (χ2v) is 5.01. The van der Waals surface area contributed by atoms with Gasteiger partial charge in [0.2, 0.25) is 0 Å². The monoisotopic (exact) mass is 278 g/mol. The number of aliphatic carboxylic acids is 1. The van der Waals surface area contributed by atoms with Gasteiger partial charge in [0.25, 0.3) is 0 Å². The first-order valence-electron chi connectivity index (χ1n) is 7.94. The largest absolute Gasteiger partial charge is 0.481 e. The first-order chi connectivity index (χ1) is 9.77. The molecule has 20 heavy (non-hydrogen) atoms. The highest BCUT2D eigenvalue weighted by Crippen LogP contribution is 2.02. The van der Waals surface area contributed by atoms with Crippen LogP contribution in [0.5, 0.6) is 0 Å². The minimum atomic E-state index is -0.722. The fraction of sp³-hybridized carbons (Fsp3) is 0.611. The van der Waals surface area contributed by atoms with E-state index in [4.69, 9.17) is 5.11 Å². The lowest BCUT2D eigenvalue weighted by atomic mass is 10.2. The van der Waals surface area contributed by atoms with Crippen molar-refractivity contribution in [2.24, 2.45) is 0 Å². The minimum Gasteiger partial charge on any atom is -0.481 e. The zero-order valence-electron chi connectivity index (χ0n) is 12.9. The van der Waals surface area contributed by atoms with Gasteiger partial charge in [0, 0.05) is 6.42 Å². The summed E-state index contributed by atoms with van der Waals surface area (Å²) in [5, 5.41) is 8.47. The molecule has 0 bridgehead atoms. The summed E-state index contributed by atoms with van der Waals surface area (Å²) in [6.07, 6.45) is 23.4. The summed E-state index contributed by atoms with van der Waals surface area (Å²) in [5.74, 6) is -0.722. The lowest BCUT2D eigenvalue weighted by Gasteiger charge is -1.92. The molecule has 0 spiro atoms. The molecule has 114 valence electrons. The first-order valence-corrected chi connectivity index (χ1v) is 7.94. The molecule has 0 atom stereocenters. The van der Waals surface area contributed by atoms with Gasteiger partial charge in [-0.1, -0.05) is 56.2 Å². The van der Waals surface area contributed by atoms with Crippen LogP contribution in [-0.2, 0) is 4.79 Å². The molecule has 0 rings (SSSR count). The fourth-order valence-corrected chi connectivity index (χ4v) is 1.81. The molecule has 1 N–H and O–H groups in total. The van der Waals surface area contributed by atoms with E-state index in [9.17, 15) is 4.79 Å². The Bertz CT molecular complexity index is 301. The number of rotatable bonds is 13. The molecule has 0 fully saturated rings. The molecule has 2 heteroatoms. The summed E-state index contributed by atoms with van der Waals surface area (Å²) >= 11 is 0. The summed E-state index contributed by atoms with van der Waals surface area (Å²) in [6.45, 7) is 2.23. The van der Waals surface area contributed by atoms with Gasteiger partial charge in [-0.3, -0.25) is 4.79 Å². The molecular weight excluding hydrogens is 248 g/mol. The molecule has 0 aliphatic carbocycles. The Morgan fingerprint density at radius 3 is 1.95 bits per heavy atom. The molecule has 0 aliphatic heterocycles. The van der Waals surface area contributed by atoms with Crippen LogP contribution in [0.4, 0.5) is 0 Å². The second kappa shape index (κ2) is 15.7. The minimum absolute atomic E-state index is 0.237. The number of unbranched alkanes of at least 4 members (excludes halogenated alkanes) is 5. The molecule has 0 aromatic heterocycles. The normalized spacial score (nSPS) is 12.1. The molecular formula is C18H30O2. The third kappa shape index (κ3) is 16.7. The predicted molar refractivity (Wildman–Crippen MR) is 86.9 cm³/mol. The van der Waals surface area contributed by atoms with Gasteiger partial charge in [-0.25, -0.2) is 0 Å². The first kappa shape index (κ1) is 18.7. The Kier molecular flexibility index (Phi) is 14.7. The molecule has 0 amide bonds. The van der Waals surface area contributed by atoms with Crippen molar-refractivity contribution < 1.29 is 9.90 Å². The smallest absolute Gasteiger partial charge is 0.303 e. The van der Waals surface area contributed by atoms with Gasteiger partial charge in [0.05, 0.1) is 0 Å². The van der Waals surface area contributed by atoms with Crippen molar-refractivity contribution in [1.82, 2.24) is 0 Å². The average Bonchev–Trinajstić information content (AvgIpc) is 2.43. The quantitative estimate of drug-likeness (QED) is 0.348. The maximum atomic E-state index is 10.3. The lowest BCUT2D eigenvalue weighted by Crippen LogP contribution is -1.91. The summed E-state index contributed by atoms with van der Waals surface area (Å²) in [7, 11) is 0. The maximum absolute atomic E-state index is 10.3. The maximum Gasteiger partial charge on any atom is 0.303 e. The van der Waals surface area contributed by atoms with Crippen LogP contribution in [0.25, 0.3) is 0 Å². The van der Waals surface area contributed by atoms with Crippen LogP contribution in [0.15, 0.2) is 36.5 Å². The van der Waals surface area contributed by atoms with E-state index in [1.165, 1.54) is 25.7 Å². The Morgan fingerprint density at radius 2 is 1.35 bits per heavy atom. The third-order valence-electron chi connectivity index (χ3n) is 3.01. The molecule has 0 aromatic carbocycles. The van der Waals surface area contributed by atoms with Crippen LogP contribution in [-0.4, -0.2) is 11.1 Å². The number of carboxylic acid groups (broad SMARTS) is 1. The summed E-state index contributed by atoms with van der Waals surface area (Å²) in [4.78, 5) is 10.3. The second-order valence-electron chi connectivity index (χ2n) is 5.01.